The molecule has 0 spiro atoms. The molecule has 0 aliphatic carbocycles. The smallest absolute Gasteiger partial charge is 0.145 e. The highest BCUT2D eigenvalue weighted by Gasteiger charge is 2.05. The largest absolute Gasteiger partial charge is 0.491 e. The van der Waals surface area contributed by atoms with E-state index in [9.17, 15) is 0 Å². The van der Waals surface area contributed by atoms with Gasteiger partial charge < -0.3 is 4.74 Å². The van der Waals surface area contributed by atoms with E-state index in [4.69, 9.17) is 4.74 Å². The maximum Gasteiger partial charge on any atom is 0.145 e. The third-order valence-electron chi connectivity index (χ3n) is 2.39. The molecular formula is C13H14NO. The second-order valence-corrected chi connectivity index (χ2v) is 3.58. The van der Waals surface area contributed by atoms with Gasteiger partial charge in [0, 0.05) is 11.1 Å². The van der Waals surface area contributed by atoms with Crippen molar-refractivity contribution in [3.63, 3.8) is 0 Å². The predicted octanol–water partition coefficient (Wildman–Crippen LogP) is 3.06. The molecule has 0 atom stereocenters. The molecule has 1 aromatic heterocycles. The molecule has 1 radical (unpaired) electrons. The quantitative estimate of drug-likeness (QED) is 0.743. The first-order valence-corrected chi connectivity index (χ1v) is 5.01. The summed E-state index contributed by atoms with van der Waals surface area (Å²) in [7, 11) is 0. The number of aryl methyl sites for hydroxylation is 2. The zero-order valence-electron chi connectivity index (χ0n) is 9.08. The Bertz CT molecular complexity index is 491. The Labute approximate surface area is 89.9 Å². The van der Waals surface area contributed by atoms with Crippen LogP contribution in [0.15, 0.2) is 24.3 Å². The number of pyridine rings is 1. The van der Waals surface area contributed by atoms with Crippen molar-refractivity contribution in [1.82, 2.24) is 4.98 Å². The van der Waals surface area contributed by atoms with Crippen molar-refractivity contribution in [3.05, 3.63) is 42.4 Å². The summed E-state index contributed by atoms with van der Waals surface area (Å²) in [6, 6.07) is 8.06. The van der Waals surface area contributed by atoms with Crippen molar-refractivity contribution in [2.24, 2.45) is 0 Å². The first kappa shape index (κ1) is 9.97. The van der Waals surface area contributed by atoms with E-state index in [1.54, 1.807) is 0 Å². The van der Waals surface area contributed by atoms with Crippen LogP contribution in [0.2, 0.25) is 0 Å². The number of hydrogen-bond donors (Lipinski definition) is 0. The summed E-state index contributed by atoms with van der Waals surface area (Å²) >= 11 is 0. The highest BCUT2D eigenvalue weighted by atomic mass is 16.5. The van der Waals surface area contributed by atoms with Gasteiger partial charge in [-0.05, 0) is 38.5 Å². The highest BCUT2D eigenvalue weighted by Crippen LogP contribution is 2.26. The molecule has 1 heterocycles. The van der Waals surface area contributed by atoms with Crippen LogP contribution in [0, 0.1) is 20.8 Å². The normalized spacial score (nSPS) is 10.6. The Morgan fingerprint density at radius 2 is 2.13 bits per heavy atom. The Hall–Kier alpha value is -1.57. The topological polar surface area (TPSA) is 22.1 Å². The molecule has 1 aromatic carbocycles. The summed E-state index contributed by atoms with van der Waals surface area (Å²) in [5.41, 5.74) is 3.17. The highest BCUT2D eigenvalue weighted by molar-refractivity contribution is 5.87. The van der Waals surface area contributed by atoms with Gasteiger partial charge in [0.1, 0.15) is 11.3 Å². The van der Waals surface area contributed by atoms with Crippen molar-refractivity contribution in [3.8, 4) is 5.75 Å². The van der Waals surface area contributed by atoms with Gasteiger partial charge in [-0.2, -0.15) is 0 Å². The van der Waals surface area contributed by atoms with Crippen LogP contribution in [0.1, 0.15) is 11.3 Å². The van der Waals surface area contributed by atoms with Gasteiger partial charge in [-0.25, -0.2) is 4.98 Å². The van der Waals surface area contributed by atoms with Crippen LogP contribution >= 0.6 is 0 Å². The van der Waals surface area contributed by atoms with Crippen LogP contribution in [0.25, 0.3) is 10.9 Å². The Morgan fingerprint density at radius 3 is 2.87 bits per heavy atom. The second-order valence-electron chi connectivity index (χ2n) is 3.58. The van der Waals surface area contributed by atoms with E-state index in [0.29, 0.717) is 6.61 Å². The lowest BCUT2D eigenvalue weighted by atomic mass is 10.1. The molecule has 77 valence electrons. The Balaban J connectivity index is 2.73. The van der Waals surface area contributed by atoms with Gasteiger partial charge >= 0.3 is 0 Å². The summed E-state index contributed by atoms with van der Waals surface area (Å²) in [4.78, 5) is 4.50. The second kappa shape index (κ2) is 3.89. The minimum absolute atomic E-state index is 0.424. The molecule has 2 rings (SSSR count). The number of para-hydroxylation sites is 1. The van der Waals surface area contributed by atoms with Gasteiger partial charge in [0.05, 0.1) is 6.61 Å². The minimum Gasteiger partial charge on any atom is -0.491 e. The molecule has 0 aliphatic heterocycles. The van der Waals surface area contributed by atoms with E-state index in [-0.39, 0.29) is 0 Å². The van der Waals surface area contributed by atoms with Crippen LogP contribution in [-0.4, -0.2) is 11.6 Å². The molecule has 15 heavy (non-hydrogen) atoms. The van der Waals surface area contributed by atoms with Crippen molar-refractivity contribution in [2.75, 3.05) is 6.61 Å². The monoisotopic (exact) mass is 200 g/mol. The molecule has 0 N–H and O–H groups in total. The summed E-state index contributed by atoms with van der Waals surface area (Å²) in [6.45, 7) is 8.19. The third kappa shape index (κ3) is 1.80. The van der Waals surface area contributed by atoms with Crippen LogP contribution < -0.4 is 4.74 Å². The zero-order valence-corrected chi connectivity index (χ0v) is 9.08. The first-order chi connectivity index (χ1) is 7.22. The van der Waals surface area contributed by atoms with Gasteiger partial charge in [-0.3, -0.25) is 0 Å². The number of benzene rings is 1. The summed E-state index contributed by atoms with van der Waals surface area (Å²) < 4.78 is 5.46. The van der Waals surface area contributed by atoms with Crippen molar-refractivity contribution < 1.29 is 4.74 Å². The van der Waals surface area contributed by atoms with E-state index in [1.807, 2.05) is 19.1 Å². The summed E-state index contributed by atoms with van der Waals surface area (Å²) in [5.74, 6) is 0.814. The lowest BCUT2D eigenvalue weighted by molar-refractivity contribution is 0.364. The van der Waals surface area contributed by atoms with Crippen molar-refractivity contribution in [2.45, 2.75) is 13.8 Å². The van der Waals surface area contributed by atoms with Gasteiger partial charge in [0.25, 0.3) is 0 Å². The number of rotatable bonds is 2. The average Bonchev–Trinajstić information content (AvgIpc) is 2.19. The standard InChI is InChI=1S/C13H14NO/c1-4-15-12-7-5-6-11-9(2)8-10(3)14-13(11)12/h5-8H,1,4H2,2-3H3. The van der Waals surface area contributed by atoms with E-state index >= 15 is 0 Å². The Kier molecular flexibility index (Phi) is 2.58. The number of hydrogen-bond acceptors (Lipinski definition) is 2. The first-order valence-electron chi connectivity index (χ1n) is 5.01. The minimum atomic E-state index is 0.424. The number of fused-ring (bicyclic) bond motifs is 1. The molecule has 0 amide bonds. The van der Waals surface area contributed by atoms with Crippen molar-refractivity contribution in [1.29, 1.82) is 0 Å². The SMILES string of the molecule is [CH2]COc1cccc2c(C)cc(C)nc12. The lowest BCUT2D eigenvalue weighted by Crippen LogP contribution is -1.95. The summed E-state index contributed by atoms with van der Waals surface area (Å²) in [6.07, 6.45) is 0. The molecule has 0 bridgehead atoms. The fraction of sp³-hybridized carbons (Fsp3) is 0.231. The maximum atomic E-state index is 5.46. The van der Waals surface area contributed by atoms with Crippen LogP contribution in [0.4, 0.5) is 0 Å². The molecule has 0 aliphatic rings. The maximum absolute atomic E-state index is 5.46. The van der Waals surface area contributed by atoms with Crippen LogP contribution in [0.5, 0.6) is 5.75 Å². The molecule has 0 fully saturated rings. The van der Waals surface area contributed by atoms with Crippen LogP contribution in [0.3, 0.4) is 0 Å². The average molecular weight is 200 g/mol. The summed E-state index contributed by atoms with van der Waals surface area (Å²) in [5, 5.41) is 1.14. The zero-order chi connectivity index (χ0) is 10.8. The molecule has 0 saturated carbocycles. The molecular weight excluding hydrogens is 186 g/mol. The van der Waals surface area contributed by atoms with E-state index < -0.39 is 0 Å². The van der Waals surface area contributed by atoms with E-state index in [0.717, 1.165) is 22.3 Å². The molecule has 0 unspecified atom stereocenters. The molecule has 2 heteroatoms. The van der Waals surface area contributed by atoms with Gasteiger partial charge in [0.15, 0.2) is 0 Å². The molecule has 2 nitrogen and oxygen atoms in total. The molecule has 2 aromatic rings. The van der Waals surface area contributed by atoms with Gasteiger partial charge in [-0.1, -0.05) is 12.1 Å². The molecule has 0 saturated heterocycles. The van der Waals surface area contributed by atoms with E-state index in [1.165, 1.54) is 5.56 Å². The van der Waals surface area contributed by atoms with Crippen molar-refractivity contribution >= 4 is 10.9 Å². The number of aromatic nitrogens is 1. The number of nitrogens with zero attached hydrogens (tertiary/aromatic N) is 1. The van der Waals surface area contributed by atoms with Gasteiger partial charge in [0.2, 0.25) is 0 Å². The van der Waals surface area contributed by atoms with Crippen LogP contribution in [-0.2, 0) is 0 Å². The number of ether oxygens (including phenoxy) is 1. The predicted molar refractivity (Wildman–Crippen MR) is 62.1 cm³/mol. The van der Waals surface area contributed by atoms with E-state index in [2.05, 4.69) is 31.0 Å². The fourth-order valence-corrected chi connectivity index (χ4v) is 1.78. The Morgan fingerprint density at radius 1 is 1.33 bits per heavy atom. The lowest BCUT2D eigenvalue weighted by Gasteiger charge is -2.08. The van der Waals surface area contributed by atoms with Gasteiger partial charge in [-0.15, -0.1) is 0 Å². The fourth-order valence-electron chi connectivity index (χ4n) is 1.78. The third-order valence-corrected chi connectivity index (χ3v) is 2.39.